The van der Waals surface area contributed by atoms with Gasteiger partial charge in [0.2, 0.25) is 17.7 Å². The van der Waals surface area contributed by atoms with E-state index in [1.54, 1.807) is 13.8 Å². The maximum absolute atomic E-state index is 12.1. The lowest BCUT2D eigenvalue weighted by atomic mass is 10.0. The molecule has 0 aromatic carbocycles. The molecule has 11 heteroatoms. The van der Waals surface area contributed by atoms with Gasteiger partial charge in [-0.05, 0) is 26.2 Å². The van der Waals surface area contributed by atoms with E-state index in [0.29, 0.717) is 0 Å². The van der Waals surface area contributed by atoms with Crippen LogP contribution in [-0.2, 0) is 24.0 Å². The van der Waals surface area contributed by atoms with Gasteiger partial charge >= 0.3 is 11.9 Å². The number of carbonyl (C=O) groups is 5. The molecule has 0 aliphatic heterocycles. The molecule has 0 spiro atoms. The zero-order valence-electron chi connectivity index (χ0n) is 15.8. The van der Waals surface area contributed by atoms with Gasteiger partial charge < -0.3 is 31.9 Å². The molecule has 0 aromatic rings. The minimum atomic E-state index is -1.39. The van der Waals surface area contributed by atoms with Gasteiger partial charge in [-0.1, -0.05) is 13.8 Å². The first-order valence-electron chi connectivity index (χ1n) is 8.48. The second-order valence-corrected chi connectivity index (χ2v) is 6.56. The number of carbonyl (C=O) groups excluding carboxylic acids is 3. The molecular formula is C16H28N4O7. The maximum Gasteiger partial charge on any atom is 0.326 e. The van der Waals surface area contributed by atoms with E-state index in [1.165, 1.54) is 13.8 Å². The van der Waals surface area contributed by atoms with E-state index >= 15 is 0 Å². The summed E-state index contributed by atoms with van der Waals surface area (Å²) in [6.07, 6.45) is -0.728. The monoisotopic (exact) mass is 388 g/mol. The Morgan fingerprint density at radius 2 is 1.26 bits per heavy atom. The Morgan fingerprint density at radius 1 is 0.815 bits per heavy atom. The van der Waals surface area contributed by atoms with E-state index in [4.69, 9.17) is 15.9 Å². The van der Waals surface area contributed by atoms with Crippen LogP contribution in [-0.4, -0.2) is 64.0 Å². The highest BCUT2D eigenvalue weighted by Crippen LogP contribution is 2.00. The third-order valence-corrected chi connectivity index (χ3v) is 3.79. The number of amides is 3. The zero-order chi connectivity index (χ0) is 21.3. The molecule has 0 aliphatic carbocycles. The molecule has 3 amide bonds. The Kier molecular flexibility index (Phi) is 10.0. The minimum Gasteiger partial charge on any atom is -0.481 e. The van der Waals surface area contributed by atoms with Crippen LogP contribution in [0.15, 0.2) is 0 Å². The van der Waals surface area contributed by atoms with Crippen molar-refractivity contribution in [3.8, 4) is 0 Å². The predicted octanol–water partition coefficient (Wildman–Crippen LogP) is -1.59. The molecule has 7 N–H and O–H groups in total. The van der Waals surface area contributed by atoms with Crippen LogP contribution in [0.4, 0.5) is 0 Å². The summed E-state index contributed by atoms with van der Waals surface area (Å²) in [6.45, 7) is 6.25. The van der Waals surface area contributed by atoms with E-state index in [1.807, 2.05) is 0 Å². The summed E-state index contributed by atoms with van der Waals surface area (Å²) in [5.74, 6) is -4.65. The highest BCUT2D eigenvalue weighted by atomic mass is 16.4. The van der Waals surface area contributed by atoms with Crippen molar-refractivity contribution in [2.45, 2.75) is 64.7 Å². The van der Waals surface area contributed by atoms with Crippen LogP contribution in [0.2, 0.25) is 0 Å². The number of nitrogens with two attached hydrogens (primary N) is 1. The van der Waals surface area contributed by atoms with Gasteiger partial charge in [-0.25, -0.2) is 4.79 Å². The van der Waals surface area contributed by atoms with Gasteiger partial charge in [-0.3, -0.25) is 19.2 Å². The molecule has 0 heterocycles. The van der Waals surface area contributed by atoms with E-state index < -0.39 is 60.2 Å². The number of hydrogen-bond acceptors (Lipinski definition) is 6. The third kappa shape index (κ3) is 8.99. The van der Waals surface area contributed by atoms with Crippen molar-refractivity contribution in [2.24, 2.45) is 11.7 Å². The summed E-state index contributed by atoms with van der Waals surface area (Å²) >= 11 is 0. The summed E-state index contributed by atoms with van der Waals surface area (Å²) in [5.41, 5.74) is 5.69. The molecule has 0 fully saturated rings. The van der Waals surface area contributed by atoms with Gasteiger partial charge in [0.1, 0.15) is 18.1 Å². The van der Waals surface area contributed by atoms with Crippen molar-refractivity contribution >= 4 is 29.7 Å². The van der Waals surface area contributed by atoms with Gasteiger partial charge in [0, 0.05) is 6.42 Å². The fraction of sp³-hybridized carbons (Fsp3) is 0.688. The summed E-state index contributed by atoms with van der Waals surface area (Å²) in [7, 11) is 0. The van der Waals surface area contributed by atoms with Gasteiger partial charge in [0.05, 0.1) is 6.04 Å². The Labute approximate surface area is 157 Å². The topological polar surface area (TPSA) is 188 Å². The fourth-order valence-electron chi connectivity index (χ4n) is 1.90. The second kappa shape index (κ2) is 11.1. The van der Waals surface area contributed by atoms with E-state index in [2.05, 4.69) is 16.0 Å². The van der Waals surface area contributed by atoms with Crippen molar-refractivity contribution in [3.63, 3.8) is 0 Å². The summed E-state index contributed by atoms with van der Waals surface area (Å²) in [4.78, 5) is 57.6. The van der Waals surface area contributed by atoms with Crippen LogP contribution < -0.4 is 21.7 Å². The van der Waals surface area contributed by atoms with E-state index in [-0.39, 0.29) is 12.3 Å². The van der Waals surface area contributed by atoms with Gasteiger partial charge in [-0.15, -0.1) is 0 Å². The molecule has 0 saturated carbocycles. The summed E-state index contributed by atoms with van der Waals surface area (Å²) in [6, 6.07) is -4.23. The lowest BCUT2D eigenvalue weighted by Crippen LogP contribution is -2.56. The van der Waals surface area contributed by atoms with Gasteiger partial charge in [0.15, 0.2) is 0 Å². The van der Waals surface area contributed by atoms with Gasteiger partial charge in [-0.2, -0.15) is 0 Å². The normalized spacial score (nSPS) is 15.2. The average Bonchev–Trinajstić information content (AvgIpc) is 2.56. The molecule has 0 aliphatic rings. The number of nitrogens with one attached hydrogen (secondary N) is 3. The predicted molar refractivity (Wildman–Crippen MR) is 94.5 cm³/mol. The molecule has 11 nitrogen and oxygen atoms in total. The highest BCUT2D eigenvalue weighted by molar-refractivity contribution is 5.93. The zero-order valence-corrected chi connectivity index (χ0v) is 15.8. The van der Waals surface area contributed by atoms with Crippen molar-refractivity contribution in [2.75, 3.05) is 0 Å². The first-order chi connectivity index (χ1) is 12.4. The standard InChI is InChI=1S/C16H28N4O7/c1-7(2)12(17)15(25)19-8(3)13(23)18-9(4)14(24)20-10(16(26)27)5-6-11(21)22/h7-10,12H,5-6,17H2,1-4H3,(H,18,23)(H,19,25)(H,20,24)(H,21,22)(H,26,27). The van der Waals surface area contributed by atoms with Crippen molar-refractivity contribution in [3.05, 3.63) is 0 Å². The molecule has 0 bridgehead atoms. The molecular weight excluding hydrogens is 360 g/mol. The van der Waals surface area contributed by atoms with Crippen LogP contribution in [0, 0.1) is 5.92 Å². The van der Waals surface area contributed by atoms with Crippen molar-refractivity contribution in [1.82, 2.24) is 16.0 Å². The molecule has 0 aromatic heterocycles. The summed E-state index contributed by atoms with van der Waals surface area (Å²) in [5, 5.41) is 24.6. The van der Waals surface area contributed by atoms with Crippen LogP contribution in [0.25, 0.3) is 0 Å². The van der Waals surface area contributed by atoms with Crippen LogP contribution in [0.5, 0.6) is 0 Å². The Bertz CT molecular complexity index is 579. The minimum absolute atomic E-state index is 0.122. The summed E-state index contributed by atoms with van der Waals surface area (Å²) < 4.78 is 0. The van der Waals surface area contributed by atoms with E-state index in [0.717, 1.165) is 0 Å². The van der Waals surface area contributed by atoms with Crippen molar-refractivity contribution < 1.29 is 34.2 Å². The molecule has 154 valence electrons. The molecule has 4 unspecified atom stereocenters. The smallest absolute Gasteiger partial charge is 0.326 e. The Hall–Kier alpha value is -2.69. The second-order valence-electron chi connectivity index (χ2n) is 6.56. The Morgan fingerprint density at radius 3 is 1.67 bits per heavy atom. The van der Waals surface area contributed by atoms with Crippen LogP contribution in [0.1, 0.15) is 40.5 Å². The number of carboxylic acids is 2. The molecule has 0 radical (unpaired) electrons. The molecule has 0 saturated heterocycles. The molecule has 0 rings (SSSR count). The van der Waals surface area contributed by atoms with E-state index in [9.17, 15) is 24.0 Å². The first kappa shape index (κ1) is 24.3. The maximum atomic E-state index is 12.1. The van der Waals surface area contributed by atoms with Crippen LogP contribution >= 0.6 is 0 Å². The number of aliphatic carboxylic acids is 2. The quantitative estimate of drug-likeness (QED) is 0.244. The SMILES string of the molecule is CC(NC(=O)C(C)NC(=O)C(N)C(C)C)C(=O)NC(CCC(=O)O)C(=O)O. The third-order valence-electron chi connectivity index (χ3n) is 3.79. The fourth-order valence-corrected chi connectivity index (χ4v) is 1.90. The lowest BCUT2D eigenvalue weighted by molar-refractivity contribution is -0.143. The average molecular weight is 388 g/mol. The number of hydrogen-bond donors (Lipinski definition) is 6. The Balaban J connectivity index is 4.67. The van der Waals surface area contributed by atoms with Gasteiger partial charge in [0.25, 0.3) is 0 Å². The first-order valence-corrected chi connectivity index (χ1v) is 8.48. The highest BCUT2D eigenvalue weighted by Gasteiger charge is 2.27. The lowest BCUT2D eigenvalue weighted by Gasteiger charge is -2.22. The molecule has 4 atom stereocenters. The molecule has 27 heavy (non-hydrogen) atoms. The van der Waals surface area contributed by atoms with Crippen molar-refractivity contribution in [1.29, 1.82) is 0 Å². The number of carboxylic acid groups (broad SMARTS) is 2. The van der Waals surface area contributed by atoms with Crippen LogP contribution in [0.3, 0.4) is 0 Å². The number of rotatable bonds is 11. The largest absolute Gasteiger partial charge is 0.481 e.